The molecule has 0 spiro atoms. The normalized spacial score (nSPS) is 12.4. The number of carbonyl (C=O) groups is 2. The van der Waals surface area contributed by atoms with Crippen LogP contribution in [-0.2, 0) is 6.42 Å². The van der Waals surface area contributed by atoms with Crippen molar-refractivity contribution in [2.45, 2.75) is 12.8 Å². The van der Waals surface area contributed by atoms with E-state index >= 15 is 0 Å². The molecule has 1 N–H and O–H groups in total. The Morgan fingerprint density at radius 2 is 1.49 bits per heavy atom. The summed E-state index contributed by atoms with van der Waals surface area (Å²) in [7, 11) is 0. The Labute approximate surface area is 204 Å². The Bertz CT molecular complexity index is 1450. The number of hydrogen-bond acceptors (Lipinski definition) is 3. The largest absolute Gasteiger partial charge is 0.322 e. The molecule has 0 aliphatic carbocycles. The fourth-order valence-electron chi connectivity index (χ4n) is 4.53. The molecule has 5 heteroatoms. The molecule has 0 atom stereocenters. The molecule has 0 radical (unpaired) electrons. The third-order valence-corrected chi connectivity index (χ3v) is 6.25. The Morgan fingerprint density at radius 1 is 0.800 bits per heavy atom. The van der Waals surface area contributed by atoms with Crippen molar-refractivity contribution < 1.29 is 9.59 Å². The van der Waals surface area contributed by atoms with E-state index in [2.05, 4.69) is 17.5 Å². The van der Waals surface area contributed by atoms with Crippen LogP contribution in [0, 0.1) is 11.3 Å². The first-order chi connectivity index (χ1) is 17.2. The van der Waals surface area contributed by atoms with E-state index in [1.807, 2.05) is 47.4 Å². The van der Waals surface area contributed by atoms with Crippen molar-refractivity contribution in [1.82, 2.24) is 0 Å². The summed E-state index contributed by atoms with van der Waals surface area (Å²) >= 11 is 0. The van der Waals surface area contributed by atoms with Crippen molar-refractivity contribution in [2.24, 2.45) is 0 Å². The highest BCUT2D eigenvalue weighted by Crippen LogP contribution is 2.29. The molecule has 2 amide bonds. The molecule has 1 aliphatic heterocycles. The number of anilines is 2. The summed E-state index contributed by atoms with van der Waals surface area (Å²) in [5.74, 6) is -0.328. The minimum absolute atomic E-state index is 0.0477. The zero-order valence-corrected chi connectivity index (χ0v) is 19.1. The topological polar surface area (TPSA) is 73.2 Å². The number of carbonyl (C=O) groups excluding carboxylic acids is 2. The molecule has 4 aromatic carbocycles. The fraction of sp³-hybridized carbons (Fsp3) is 0.100. The van der Waals surface area contributed by atoms with Gasteiger partial charge < -0.3 is 10.2 Å². The van der Waals surface area contributed by atoms with Gasteiger partial charge in [-0.3, -0.25) is 9.59 Å². The van der Waals surface area contributed by atoms with Crippen molar-refractivity contribution in [3.8, 4) is 17.2 Å². The molecule has 0 unspecified atom stereocenters. The molecule has 0 saturated heterocycles. The minimum Gasteiger partial charge on any atom is -0.322 e. The van der Waals surface area contributed by atoms with Crippen LogP contribution in [0.25, 0.3) is 11.1 Å². The number of nitriles is 1. The maximum Gasteiger partial charge on any atom is 0.258 e. The number of para-hydroxylation sites is 1. The van der Waals surface area contributed by atoms with Crippen molar-refractivity contribution in [2.75, 3.05) is 16.8 Å². The van der Waals surface area contributed by atoms with Gasteiger partial charge in [0.25, 0.3) is 11.8 Å². The van der Waals surface area contributed by atoms with Crippen molar-refractivity contribution >= 4 is 23.2 Å². The molecule has 35 heavy (non-hydrogen) atoms. The number of hydrogen-bond donors (Lipinski definition) is 1. The van der Waals surface area contributed by atoms with E-state index in [1.54, 1.807) is 48.5 Å². The molecule has 1 heterocycles. The number of nitrogens with one attached hydrogen (secondary N) is 1. The number of fused-ring (bicyclic) bond motifs is 1. The van der Waals surface area contributed by atoms with Crippen LogP contribution in [-0.4, -0.2) is 18.4 Å². The quantitative estimate of drug-likeness (QED) is 0.404. The van der Waals surface area contributed by atoms with Gasteiger partial charge in [0.15, 0.2) is 0 Å². The van der Waals surface area contributed by atoms with E-state index in [0.29, 0.717) is 40.0 Å². The van der Waals surface area contributed by atoms with Gasteiger partial charge in [0.05, 0.1) is 11.6 Å². The van der Waals surface area contributed by atoms with Crippen LogP contribution in [0.4, 0.5) is 11.4 Å². The summed E-state index contributed by atoms with van der Waals surface area (Å²) in [6.07, 6.45) is 1.91. The highest BCUT2D eigenvalue weighted by atomic mass is 16.2. The molecule has 5 rings (SSSR count). The first-order valence-electron chi connectivity index (χ1n) is 11.6. The van der Waals surface area contributed by atoms with Crippen LogP contribution >= 0.6 is 0 Å². The fourth-order valence-corrected chi connectivity index (χ4v) is 4.53. The third-order valence-electron chi connectivity index (χ3n) is 6.25. The molecule has 5 nitrogen and oxygen atoms in total. The lowest BCUT2D eigenvalue weighted by atomic mass is 9.95. The van der Waals surface area contributed by atoms with Crippen LogP contribution in [0.5, 0.6) is 0 Å². The predicted molar refractivity (Wildman–Crippen MR) is 137 cm³/mol. The van der Waals surface area contributed by atoms with Gasteiger partial charge in [-0.1, -0.05) is 54.6 Å². The summed E-state index contributed by atoms with van der Waals surface area (Å²) in [6.45, 7) is 0.690. The van der Waals surface area contributed by atoms with E-state index in [0.717, 1.165) is 18.5 Å². The first-order valence-corrected chi connectivity index (χ1v) is 11.6. The van der Waals surface area contributed by atoms with E-state index < -0.39 is 0 Å². The van der Waals surface area contributed by atoms with E-state index in [4.69, 9.17) is 0 Å². The summed E-state index contributed by atoms with van der Waals surface area (Å²) in [5.41, 5.74) is 5.71. The molecule has 4 aromatic rings. The van der Waals surface area contributed by atoms with Gasteiger partial charge in [-0.05, 0) is 66.4 Å². The van der Waals surface area contributed by atoms with Crippen LogP contribution < -0.4 is 10.2 Å². The minimum atomic E-state index is -0.280. The molecule has 0 saturated carbocycles. The average Bonchev–Trinajstić information content (AvgIpc) is 2.92. The van der Waals surface area contributed by atoms with Crippen LogP contribution in [0.1, 0.15) is 38.3 Å². The zero-order chi connectivity index (χ0) is 24.2. The molecule has 1 aliphatic rings. The lowest BCUT2D eigenvalue weighted by Gasteiger charge is -2.29. The van der Waals surface area contributed by atoms with Crippen LogP contribution in [0.15, 0.2) is 97.1 Å². The average molecular weight is 458 g/mol. The monoisotopic (exact) mass is 457 g/mol. The number of rotatable bonds is 4. The lowest BCUT2D eigenvalue weighted by Crippen LogP contribution is -2.35. The van der Waals surface area contributed by atoms with E-state index in [-0.39, 0.29) is 11.8 Å². The standard InChI is InChI=1S/C30H23N3O2/c31-20-23-9-1-3-11-25(23)26-12-4-5-13-27(26)29(34)32-24-17-15-22(16-18-24)30(35)33-19-7-10-21-8-2-6-14-28(21)33/h1-6,8-9,11-18H,7,10,19H2,(H,32,34). The zero-order valence-electron chi connectivity index (χ0n) is 19.1. The number of nitrogens with zero attached hydrogens (tertiary/aromatic N) is 2. The Morgan fingerprint density at radius 3 is 2.29 bits per heavy atom. The van der Waals surface area contributed by atoms with E-state index in [1.165, 1.54) is 5.56 Å². The predicted octanol–water partition coefficient (Wildman–Crippen LogP) is 6.07. The second-order valence-corrected chi connectivity index (χ2v) is 8.42. The second-order valence-electron chi connectivity index (χ2n) is 8.42. The Kier molecular flexibility index (Phi) is 6.11. The van der Waals surface area contributed by atoms with Crippen LogP contribution in [0.3, 0.4) is 0 Å². The summed E-state index contributed by atoms with van der Waals surface area (Å²) in [5, 5.41) is 12.4. The van der Waals surface area contributed by atoms with Gasteiger partial charge in [-0.2, -0.15) is 5.26 Å². The first kappa shape index (κ1) is 22.1. The summed E-state index contributed by atoms with van der Waals surface area (Å²) in [6, 6.07) is 31.6. The Hall–Kier alpha value is -4.69. The number of benzene rings is 4. The maximum atomic E-state index is 13.2. The molecule has 0 fully saturated rings. The Balaban J connectivity index is 1.36. The third kappa shape index (κ3) is 4.42. The van der Waals surface area contributed by atoms with Gasteiger partial charge in [-0.25, -0.2) is 0 Å². The van der Waals surface area contributed by atoms with Gasteiger partial charge in [0.2, 0.25) is 0 Å². The van der Waals surface area contributed by atoms with Crippen LogP contribution in [0.2, 0.25) is 0 Å². The van der Waals surface area contributed by atoms with Gasteiger partial charge in [-0.15, -0.1) is 0 Å². The number of amides is 2. The molecular weight excluding hydrogens is 434 g/mol. The van der Waals surface area contributed by atoms with Crippen molar-refractivity contribution in [3.05, 3.63) is 119 Å². The van der Waals surface area contributed by atoms with Crippen molar-refractivity contribution in [1.29, 1.82) is 5.26 Å². The second kappa shape index (κ2) is 9.66. The molecule has 170 valence electrons. The summed E-state index contributed by atoms with van der Waals surface area (Å²) < 4.78 is 0. The highest BCUT2D eigenvalue weighted by molar-refractivity contribution is 6.10. The highest BCUT2D eigenvalue weighted by Gasteiger charge is 2.23. The van der Waals surface area contributed by atoms with Gasteiger partial charge in [0, 0.05) is 34.6 Å². The molecule has 0 aromatic heterocycles. The maximum absolute atomic E-state index is 13.2. The van der Waals surface area contributed by atoms with Crippen molar-refractivity contribution in [3.63, 3.8) is 0 Å². The number of aryl methyl sites for hydroxylation is 1. The summed E-state index contributed by atoms with van der Waals surface area (Å²) in [4.78, 5) is 28.2. The smallest absolute Gasteiger partial charge is 0.258 e. The molecular formula is C30H23N3O2. The lowest BCUT2D eigenvalue weighted by molar-refractivity contribution is 0.0984. The van der Waals surface area contributed by atoms with Gasteiger partial charge >= 0.3 is 0 Å². The molecule has 0 bridgehead atoms. The SMILES string of the molecule is N#Cc1ccccc1-c1ccccc1C(=O)Nc1ccc(C(=O)N2CCCc3ccccc32)cc1. The van der Waals surface area contributed by atoms with E-state index in [9.17, 15) is 14.9 Å². The van der Waals surface area contributed by atoms with Gasteiger partial charge in [0.1, 0.15) is 0 Å².